The van der Waals surface area contributed by atoms with Crippen LogP contribution in [0.2, 0.25) is 0 Å². The first kappa shape index (κ1) is 22.2. The number of benzene rings is 2. The third kappa shape index (κ3) is 5.84. The number of H-pyrrole nitrogens is 1. The summed E-state index contributed by atoms with van der Waals surface area (Å²) < 4.78 is 6.07. The molecule has 4 rings (SSSR count). The Bertz CT molecular complexity index is 1320. The summed E-state index contributed by atoms with van der Waals surface area (Å²) in [6.07, 6.45) is 4.98. The molecule has 0 aliphatic heterocycles. The van der Waals surface area contributed by atoms with Crippen molar-refractivity contribution in [3.63, 3.8) is 0 Å². The molecular formula is C26H23N3O3S. The molecular weight excluding hydrogens is 434 g/mol. The van der Waals surface area contributed by atoms with Gasteiger partial charge in [0.15, 0.2) is 0 Å². The van der Waals surface area contributed by atoms with Crippen LogP contribution in [0.1, 0.15) is 17.0 Å². The van der Waals surface area contributed by atoms with Crippen molar-refractivity contribution in [3.05, 3.63) is 112 Å². The van der Waals surface area contributed by atoms with E-state index in [9.17, 15) is 9.59 Å². The smallest absolute Gasteiger partial charge is 0.268 e. The van der Waals surface area contributed by atoms with Crippen LogP contribution in [0, 0.1) is 0 Å². The largest absolute Gasteiger partial charge is 0.490 e. The zero-order chi connectivity index (χ0) is 23.0. The number of nitrogens with zero attached hydrogens (tertiary/aromatic N) is 2. The zero-order valence-corrected chi connectivity index (χ0v) is 18.8. The molecule has 2 heterocycles. The standard InChI is InChI=1S/C26H23N3O3S/c1-2-15-32-21-11-8-19(9-12-21)10-13-24(30)29(17-20-6-4-3-5-7-20)18-23-27-22-14-16-33-25(22)26(31)28-23/h2-14,16H,1,15,17-18H2,(H,27,28,31). The second-order valence-corrected chi connectivity index (χ2v) is 8.25. The molecule has 0 aliphatic rings. The minimum Gasteiger partial charge on any atom is -0.490 e. The van der Waals surface area contributed by atoms with Crippen LogP contribution in [-0.4, -0.2) is 27.4 Å². The van der Waals surface area contributed by atoms with Crippen molar-refractivity contribution in [1.82, 2.24) is 14.9 Å². The second-order valence-electron chi connectivity index (χ2n) is 7.33. The number of carbonyl (C=O) groups excluding carboxylic acids is 1. The van der Waals surface area contributed by atoms with Crippen LogP contribution < -0.4 is 10.3 Å². The Morgan fingerprint density at radius 2 is 1.88 bits per heavy atom. The molecule has 6 nitrogen and oxygen atoms in total. The normalized spacial score (nSPS) is 11.0. The highest BCUT2D eigenvalue weighted by atomic mass is 32.1. The SMILES string of the molecule is C=CCOc1ccc(C=CC(=O)N(Cc2ccccc2)Cc2nc3ccsc3c(=O)[nH]2)cc1. The fourth-order valence-electron chi connectivity index (χ4n) is 3.30. The molecule has 0 spiro atoms. The summed E-state index contributed by atoms with van der Waals surface area (Å²) in [6.45, 7) is 4.65. The van der Waals surface area contributed by atoms with Gasteiger partial charge in [0.1, 0.15) is 22.9 Å². The maximum Gasteiger partial charge on any atom is 0.268 e. The van der Waals surface area contributed by atoms with E-state index in [1.54, 1.807) is 17.1 Å². The minimum atomic E-state index is -0.189. The van der Waals surface area contributed by atoms with E-state index in [-0.39, 0.29) is 18.0 Å². The molecule has 0 saturated heterocycles. The number of thiophene rings is 1. The Labute approximate surface area is 195 Å². The van der Waals surface area contributed by atoms with Crippen LogP contribution in [0.25, 0.3) is 16.3 Å². The third-order valence-electron chi connectivity index (χ3n) is 4.90. The quantitative estimate of drug-likeness (QED) is 0.290. The van der Waals surface area contributed by atoms with Crippen LogP contribution in [0.5, 0.6) is 5.75 Å². The van der Waals surface area contributed by atoms with Crippen molar-refractivity contribution in [2.24, 2.45) is 0 Å². The molecule has 1 amide bonds. The van der Waals surface area contributed by atoms with E-state index in [1.807, 2.05) is 66.0 Å². The van der Waals surface area contributed by atoms with Crippen molar-refractivity contribution in [2.75, 3.05) is 6.61 Å². The summed E-state index contributed by atoms with van der Waals surface area (Å²) in [5, 5.41) is 1.83. The highest BCUT2D eigenvalue weighted by molar-refractivity contribution is 7.17. The maximum atomic E-state index is 13.1. The summed E-state index contributed by atoms with van der Waals surface area (Å²) in [5.41, 5.74) is 2.31. The van der Waals surface area contributed by atoms with Gasteiger partial charge in [0, 0.05) is 12.6 Å². The topological polar surface area (TPSA) is 75.3 Å². The van der Waals surface area contributed by atoms with Crippen LogP contribution >= 0.6 is 11.3 Å². The van der Waals surface area contributed by atoms with E-state index >= 15 is 0 Å². The van der Waals surface area contributed by atoms with Crippen LogP contribution in [0.15, 0.2) is 89.6 Å². The summed E-state index contributed by atoms with van der Waals surface area (Å²) >= 11 is 1.35. The van der Waals surface area contributed by atoms with Gasteiger partial charge in [-0.3, -0.25) is 9.59 Å². The zero-order valence-electron chi connectivity index (χ0n) is 17.9. The number of nitrogens with one attached hydrogen (secondary N) is 1. The molecule has 0 atom stereocenters. The Kier molecular flexibility index (Phi) is 7.12. The number of rotatable bonds is 9. The number of hydrogen-bond donors (Lipinski definition) is 1. The van der Waals surface area contributed by atoms with Gasteiger partial charge in [0.05, 0.1) is 12.1 Å². The van der Waals surface area contributed by atoms with Gasteiger partial charge in [-0.05, 0) is 40.8 Å². The summed E-state index contributed by atoms with van der Waals surface area (Å²) in [7, 11) is 0. The molecule has 33 heavy (non-hydrogen) atoms. The van der Waals surface area contributed by atoms with Gasteiger partial charge >= 0.3 is 0 Å². The first-order valence-corrected chi connectivity index (χ1v) is 11.3. The maximum absolute atomic E-state index is 13.1. The fraction of sp³-hybridized carbons (Fsp3) is 0.115. The Balaban J connectivity index is 1.54. The van der Waals surface area contributed by atoms with Crippen molar-refractivity contribution in [2.45, 2.75) is 13.1 Å². The van der Waals surface area contributed by atoms with Gasteiger partial charge < -0.3 is 14.6 Å². The number of amides is 1. The number of carbonyl (C=O) groups is 1. The van der Waals surface area contributed by atoms with E-state index < -0.39 is 0 Å². The molecule has 0 unspecified atom stereocenters. The molecule has 0 aliphatic carbocycles. The molecule has 1 N–H and O–H groups in total. The Morgan fingerprint density at radius 3 is 2.64 bits per heavy atom. The highest BCUT2D eigenvalue weighted by Crippen LogP contribution is 2.16. The van der Waals surface area contributed by atoms with Gasteiger partial charge in [-0.2, -0.15) is 0 Å². The average molecular weight is 458 g/mol. The van der Waals surface area contributed by atoms with Crippen LogP contribution in [-0.2, 0) is 17.9 Å². The lowest BCUT2D eigenvalue weighted by atomic mass is 10.2. The predicted molar refractivity (Wildman–Crippen MR) is 132 cm³/mol. The predicted octanol–water partition coefficient (Wildman–Crippen LogP) is 4.79. The lowest BCUT2D eigenvalue weighted by molar-refractivity contribution is -0.127. The lowest BCUT2D eigenvalue weighted by Gasteiger charge is -2.21. The van der Waals surface area contributed by atoms with E-state index in [0.29, 0.717) is 29.2 Å². The third-order valence-corrected chi connectivity index (χ3v) is 5.80. The van der Waals surface area contributed by atoms with Gasteiger partial charge in [-0.15, -0.1) is 11.3 Å². The monoisotopic (exact) mass is 457 g/mol. The molecule has 4 aromatic rings. The van der Waals surface area contributed by atoms with Crippen LogP contribution in [0.4, 0.5) is 0 Å². The number of hydrogen-bond acceptors (Lipinski definition) is 5. The highest BCUT2D eigenvalue weighted by Gasteiger charge is 2.15. The van der Waals surface area contributed by atoms with Crippen molar-refractivity contribution < 1.29 is 9.53 Å². The van der Waals surface area contributed by atoms with Gasteiger partial charge in [0.25, 0.3) is 5.56 Å². The van der Waals surface area contributed by atoms with E-state index in [1.165, 1.54) is 17.4 Å². The van der Waals surface area contributed by atoms with Crippen LogP contribution in [0.3, 0.4) is 0 Å². The molecule has 0 radical (unpaired) electrons. The minimum absolute atomic E-state index is 0.182. The molecule has 166 valence electrons. The van der Waals surface area contributed by atoms with Gasteiger partial charge in [-0.25, -0.2) is 4.98 Å². The first-order valence-electron chi connectivity index (χ1n) is 10.4. The summed E-state index contributed by atoms with van der Waals surface area (Å²) in [4.78, 5) is 34.5. The van der Waals surface area contributed by atoms with E-state index in [2.05, 4.69) is 16.5 Å². The Hall–Kier alpha value is -3.97. The number of aromatic amines is 1. The van der Waals surface area contributed by atoms with Gasteiger partial charge in [-0.1, -0.05) is 55.1 Å². The number of aromatic nitrogens is 2. The van der Waals surface area contributed by atoms with E-state index in [0.717, 1.165) is 16.9 Å². The first-order chi connectivity index (χ1) is 16.1. The molecule has 2 aromatic heterocycles. The number of ether oxygens (including phenoxy) is 1. The summed E-state index contributed by atoms with van der Waals surface area (Å²) in [5.74, 6) is 1.01. The molecule has 0 saturated carbocycles. The van der Waals surface area contributed by atoms with Crippen molar-refractivity contribution in [1.29, 1.82) is 0 Å². The lowest BCUT2D eigenvalue weighted by Crippen LogP contribution is -2.30. The average Bonchev–Trinajstić information content (AvgIpc) is 3.31. The van der Waals surface area contributed by atoms with Gasteiger partial charge in [0.2, 0.25) is 5.91 Å². The van der Waals surface area contributed by atoms with Crippen molar-refractivity contribution >= 4 is 33.5 Å². The summed E-state index contributed by atoms with van der Waals surface area (Å²) in [6, 6.07) is 19.0. The Morgan fingerprint density at radius 1 is 1.09 bits per heavy atom. The van der Waals surface area contributed by atoms with E-state index in [4.69, 9.17) is 4.74 Å². The number of fused-ring (bicyclic) bond motifs is 1. The molecule has 7 heteroatoms. The fourth-order valence-corrected chi connectivity index (χ4v) is 4.02. The molecule has 0 fully saturated rings. The second kappa shape index (κ2) is 10.6. The molecule has 2 aromatic carbocycles. The molecule has 0 bridgehead atoms. The van der Waals surface area contributed by atoms with Crippen molar-refractivity contribution in [3.8, 4) is 5.75 Å².